The first-order valence-electron chi connectivity index (χ1n) is 7.20. The fourth-order valence-corrected chi connectivity index (χ4v) is 2.21. The molecule has 0 aliphatic rings. The molecule has 0 aliphatic carbocycles. The second kappa shape index (κ2) is 9.49. The maximum atomic E-state index is 10.4. The van der Waals surface area contributed by atoms with Crippen LogP contribution in [0.1, 0.15) is 85.0 Å². The van der Waals surface area contributed by atoms with Gasteiger partial charge in [-0.1, -0.05) is 59.3 Å². The normalized spacial score (nSPS) is 11.7. The summed E-state index contributed by atoms with van der Waals surface area (Å²) in [4.78, 5) is 10.4. The van der Waals surface area contributed by atoms with Gasteiger partial charge in [0.05, 0.1) is 0 Å². The third-order valence-electron chi connectivity index (χ3n) is 3.45. The van der Waals surface area contributed by atoms with E-state index in [0.29, 0.717) is 11.8 Å². The summed E-state index contributed by atoms with van der Waals surface area (Å²) in [5.41, 5.74) is 0.441. The molecule has 0 aliphatic heterocycles. The molecule has 17 heavy (non-hydrogen) atoms. The lowest BCUT2D eigenvalue weighted by atomic mass is 9.82. The van der Waals surface area contributed by atoms with Crippen molar-refractivity contribution in [2.45, 2.75) is 85.0 Å². The Labute approximate surface area is 107 Å². The van der Waals surface area contributed by atoms with Crippen LogP contribution < -0.4 is 0 Å². The van der Waals surface area contributed by atoms with E-state index in [1.807, 2.05) is 0 Å². The van der Waals surface area contributed by atoms with Crippen LogP contribution in [0.2, 0.25) is 0 Å². The summed E-state index contributed by atoms with van der Waals surface area (Å²) >= 11 is 0. The number of rotatable bonds is 11. The summed E-state index contributed by atoms with van der Waals surface area (Å²) in [6.07, 6.45) is 11.3. The molecule has 0 saturated carbocycles. The van der Waals surface area contributed by atoms with Crippen molar-refractivity contribution >= 4 is 5.97 Å². The van der Waals surface area contributed by atoms with Gasteiger partial charge in [-0.2, -0.15) is 0 Å². The maximum absolute atomic E-state index is 10.4. The molecule has 0 aromatic heterocycles. The molecule has 0 heterocycles. The quantitative estimate of drug-likeness (QED) is 0.517. The minimum Gasteiger partial charge on any atom is -0.481 e. The minimum atomic E-state index is -0.663. The van der Waals surface area contributed by atoms with Crippen LogP contribution in [0.15, 0.2) is 0 Å². The van der Waals surface area contributed by atoms with Gasteiger partial charge in [0, 0.05) is 6.42 Å². The zero-order valence-corrected chi connectivity index (χ0v) is 11.9. The van der Waals surface area contributed by atoms with Crippen LogP contribution in [0.4, 0.5) is 0 Å². The van der Waals surface area contributed by atoms with Gasteiger partial charge < -0.3 is 5.11 Å². The van der Waals surface area contributed by atoms with Crippen LogP contribution in [0.25, 0.3) is 0 Å². The zero-order chi connectivity index (χ0) is 13.1. The molecule has 0 bridgehead atoms. The number of carbonyl (C=O) groups is 1. The second-order valence-electron chi connectivity index (χ2n) is 5.93. The highest BCUT2D eigenvalue weighted by Gasteiger charge is 2.16. The third-order valence-corrected chi connectivity index (χ3v) is 3.45. The van der Waals surface area contributed by atoms with E-state index in [4.69, 9.17) is 5.11 Å². The summed E-state index contributed by atoms with van der Waals surface area (Å²) in [7, 11) is 0. The predicted octanol–water partition coefficient (Wildman–Crippen LogP) is 5.02. The molecular weight excluding hydrogens is 212 g/mol. The molecule has 0 rings (SSSR count). The Balaban J connectivity index is 3.46. The molecule has 0 fully saturated rings. The summed E-state index contributed by atoms with van der Waals surface area (Å²) in [6, 6.07) is 0. The first-order chi connectivity index (χ1) is 7.98. The van der Waals surface area contributed by atoms with Gasteiger partial charge in [-0.25, -0.2) is 0 Å². The average Bonchev–Trinajstić information content (AvgIpc) is 2.23. The Morgan fingerprint density at radius 3 is 1.94 bits per heavy atom. The molecule has 102 valence electrons. The number of hydrogen-bond donors (Lipinski definition) is 1. The number of unbranched alkanes of at least 4 members (excludes halogenated alkanes) is 5. The molecule has 2 nitrogen and oxygen atoms in total. The average molecular weight is 242 g/mol. The largest absolute Gasteiger partial charge is 0.481 e. The zero-order valence-electron chi connectivity index (χ0n) is 11.9. The van der Waals surface area contributed by atoms with E-state index in [0.717, 1.165) is 12.8 Å². The van der Waals surface area contributed by atoms with Gasteiger partial charge in [0.1, 0.15) is 0 Å². The van der Waals surface area contributed by atoms with Gasteiger partial charge in [-0.05, 0) is 24.7 Å². The summed E-state index contributed by atoms with van der Waals surface area (Å²) in [5.74, 6) is -0.663. The Morgan fingerprint density at radius 1 is 0.941 bits per heavy atom. The van der Waals surface area contributed by atoms with Crippen LogP contribution >= 0.6 is 0 Å². The monoisotopic (exact) mass is 242 g/mol. The van der Waals surface area contributed by atoms with Crippen molar-refractivity contribution < 1.29 is 9.90 Å². The lowest BCUT2D eigenvalue weighted by Gasteiger charge is -2.24. The van der Waals surface area contributed by atoms with Gasteiger partial charge in [-0.15, -0.1) is 0 Å². The van der Waals surface area contributed by atoms with E-state index in [2.05, 4.69) is 20.8 Å². The van der Waals surface area contributed by atoms with Crippen molar-refractivity contribution in [2.24, 2.45) is 5.41 Å². The first-order valence-corrected chi connectivity index (χ1v) is 7.20. The molecule has 0 aromatic rings. The van der Waals surface area contributed by atoms with Crippen LogP contribution in [0.5, 0.6) is 0 Å². The molecule has 1 N–H and O–H groups in total. The number of carboxylic acids is 1. The Hall–Kier alpha value is -0.530. The minimum absolute atomic E-state index is 0.330. The highest BCUT2D eigenvalue weighted by atomic mass is 16.4. The van der Waals surface area contributed by atoms with E-state index < -0.39 is 5.97 Å². The smallest absolute Gasteiger partial charge is 0.303 e. The van der Waals surface area contributed by atoms with Gasteiger partial charge in [0.25, 0.3) is 0 Å². The summed E-state index contributed by atoms with van der Waals surface area (Å²) in [5, 5.41) is 8.54. The van der Waals surface area contributed by atoms with Crippen LogP contribution in [0, 0.1) is 5.41 Å². The SMILES string of the molecule is CCCCCCC(C)(C)CCCCCC(=O)O. The molecule has 0 saturated heterocycles. The van der Waals surface area contributed by atoms with E-state index in [-0.39, 0.29) is 0 Å². The van der Waals surface area contributed by atoms with E-state index in [9.17, 15) is 4.79 Å². The van der Waals surface area contributed by atoms with Gasteiger partial charge in [0.15, 0.2) is 0 Å². The molecule has 0 aromatic carbocycles. The fraction of sp³-hybridized carbons (Fsp3) is 0.933. The molecule has 0 amide bonds. The second-order valence-corrected chi connectivity index (χ2v) is 5.93. The Morgan fingerprint density at radius 2 is 1.47 bits per heavy atom. The molecular formula is C15H30O2. The van der Waals surface area contributed by atoms with Crippen molar-refractivity contribution in [3.05, 3.63) is 0 Å². The van der Waals surface area contributed by atoms with E-state index in [1.54, 1.807) is 0 Å². The van der Waals surface area contributed by atoms with Gasteiger partial charge in [-0.3, -0.25) is 4.79 Å². The fourth-order valence-electron chi connectivity index (χ4n) is 2.21. The third kappa shape index (κ3) is 11.7. The Bertz CT molecular complexity index is 197. The van der Waals surface area contributed by atoms with Crippen LogP contribution in [0.3, 0.4) is 0 Å². The van der Waals surface area contributed by atoms with Crippen LogP contribution in [-0.4, -0.2) is 11.1 Å². The lowest BCUT2D eigenvalue weighted by molar-refractivity contribution is -0.137. The molecule has 2 heteroatoms. The number of aliphatic carboxylic acids is 1. The molecule has 0 unspecified atom stereocenters. The maximum Gasteiger partial charge on any atom is 0.303 e. The molecule has 0 atom stereocenters. The highest BCUT2D eigenvalue weighted by molar-refractivity contribution is 5.66. The van der Waals surface area contributed by atoms with Crippen molar-refractivity contribution in [3.63, 3.8) is 0 Å². The van der Waals surface area contributed by atoms with Crippen molar-refractivity contribution in [1.29, 1.82) is 0 Å². The first kappa shape index (κ1) is 16.5. The van der Waals surface area contributed by atoms with Crippen molar-refractivity contribution in [3.8, 4) is 0 Å². The lowest BCUT2D eigenvalue weighted by Crippen LogP contribution is -2.11. The topological polar surface area (TPSA) is 37.3 Å². The van der Waals surface area contributed by atoms with E-state index in [1.165, 1.54) is 44.9 Å². The van der Waals surface area contributed by atoms with Crippen molar-refractivity contribution in [1.82, 2.24) is 0 Å². The highest BCUT2D eigenvalue weighted by Crippen LogP contribution is 2.30. The number of carboxylic acid groups (broad SMARTS) is 1. The summed E-state index contributed by atoms with van der Waals surface area (Å²) < 4.78 is 0. The van der Waals surface area contributed by atoms with Crippen molar-refractivity contribution in [2.75, 3.05) is 0 Å². The molecule has 0 radical (unpaired) electrons. The van der Waals surface area contributed by atoms with Gasteiger partial charge >= 0.3 is 5.97 Å². The summed E-state index contributed by atoms with van der Waals surface area (Å²) in [6.45, 7) is 6.93. The van der Waals surface area contributed by atoms with Gasteiger partial charge in [0.2, 0.25) is 0 Å². The van der Waals surface area contributed by atoms with Crippen LogP contribution in [-0.2, 0) is 4.79 Å². The van der Waals surface area contributed by atoms with E-state index >= 15 is 0 Å². The Kier molecular flexibility index (Phi) is 9.20. The standard InChI is InChI=1S/C15H30O2/c1-4-5-6-9-12-15(2,3)13-10-7-8-11-14(16)17/h4-13H2,1-3H3,(H,16,17). The number of hydrogen-bond acceptors (Lipinski definition) is 1. The predicted molar refractivity (Wildman–Crippen MR) is 73.3 cm³/mol. The molecule has 0 spiro atoms.